The van der Waals surface area contributed by atoms with Crippen LogP contribution in [0.3, 0.4) is 0 Å². The number of carboxylic acid groups (broad SMARTS) is 1. The van der Waals surface area contributed by atoms with Crippen molar-refractivity contribution in [3.63, 3.8) is 0 Å². The molecule has 0 aliphatic carbocycles. The molecule has 2 aliphatic heterocycles. The summed E-state index contributed by atoms with van der Waals surface area (Å²) in [6.45, 7) is 7.72. The average Bonchev–Trinajstić information content (AvgIpc) is 2.68. The van der Waals surface area contributed by atoms with Gasteiger partial charge >= 0.3 is 0 Å². The van der Waals surface area contributed by atoms with Crippen LogP contribution in [0, 0.1) is 5.82 Å². The molecule has 0 spiro atoms. The second-order valence-electron chi connectivity index (χ2n) is 9.62. The number of rotatable bonds is 3. The molecule has 1 saturated heterocycles. The molecular formula is C22H28FN3O5. The number of halogens is 1. The summed E-state index contributed by atoms with van der Waals surface area (Å²) in [7, 11) is 0. The van der Waals surface area contributed by atoms with E-state index in [-0.39, 0.29) is 29.5 Å². The monoisotopic (exact) mass is 433 g/mol. The largest absolute Gasteiger partial charge is 0.530 e. The summed E-state index contributed by atoms with van der Waals surface area (Å²) in [6, 6.07) is 5.16. The van der Waals surface area contributed by atoms with E-state index in [1.807, 2.05) is 0 Å². The number of aromatic nitrogens is 1. The topological polar surface area (TPSA) is 104 Å². The molecular weight excluding hydrogens is 405 g/mol. The first kappa shape index (κ1) is 21.6. The van der Waals surface area contributed by atoms with Crippen molar-refractivity contribution in [1.29, 1.82) is 0 Å². The van der Waals surface area contributed by atoms with Gasteiger partial charge in [-0.25, -0.2) is 4.39 Å². The molecule has 0 saturated carbocycles. The minimum Gasteiger partial charge on any atom is -0.530 e. The first-order valence-electron chi connectivity index (χ1n) is 10.5. The Kier molecular flexibility index (Phi) is 5.21. The number of pyridine rings is 1. The number of likely N-dealkylation sites (tertiary alicyclic amines) is 1. The number of piperidine rings is 1. The first-order valence-corrected chi connectivity index (χ1v) is 10.5. The number of hydrogen-bond donors (Lipinski definition) is 2. The Morgan fingerprint density at radius 3 is 2.71 bits per heavy atom. The Balaban J connectivity index is 1.73. The fourth-order valence-corrected chi connectivity index (χ4v) is 5.11. The number of ether oxygens (including phenoxy) is 1. The minimum absolute atomic E-state index is 0.0886. The van der Waals surface area contributed by atoms with Gasteiger partial charge in [-0.05, 0) is 39.0 Å². The predicted molar refractivity (Wildman–Crippen MR) is 110 cm³/mol. The van der Waals surface area contributed by atoms with E-state index in [0.29, 0.717) is 36.1 Å². The molecule has 2 aromatic rings. The molecule has 1 aromatic heterocycles. The number of nitrogens with zero attached hydrogens (tertiary/aromatic N) is 2. The SMILES string of the molecule is CC(C)(C)[N+]1(C[C@@H]2COc3c(F)ccc4ccc(=O)n2c34)CC[C@H](NC(=O)[O-])[C@H](O)C1. The van der Waals surface area contributed by atoms with Crippen LogP contribution in [0.25, 0.3) is 10.9 Å². The van der Waals surface area contributed by atoms with Gasteiger partial charge in [0, 0.05) is 17.9 Å². The molecule has 4 rings (SSSR count). The number of aliphatic hydroxyl groups excluding tert-OH is 1. The van der Waals surface area contributed by atoms with Crippen molar-refractivity contribution < 1.29 is 28.6 Å². The van der Waals surface area contributed by atoms with Gasteiger partial charge in [-0.1, -0.05) is 0 Å². The second kappa shape index (κ2) is 7.49. The van der Waals surface area contributed by atoms with Gasteiger partial charge in [0.1, 0.15) is 37.9 Å². The van der Waals surface area contributed by atoms with Crippen LogP contribution >= 0.6 is 0 Å². The Labute approximate surface area is 179 Å². The second-order valence-corrected chi connectivity index (χ2v) is 9.62. The van der Waals surface area contributed by atoms with Gasteiger partial charge in [-0.2, -0.15) is 0 Å². The lowest BCUT2D eigenvalue weighted by Crippen LogP contribution is -2.71. The van der Waals surface area contributed by atoms with Gasteiger partial charge in [0.25, 0.3) is 5.56 Å². The highest BCUT2D eigenvalue weighted by atomic mass is 19.1. The van der Waals surface area contributed by atoms with Crippen molar-refractivity contribution in [2.75, 3.05) is 26.2 Å². The lowest BCUT2D eigenvalue weighted by Gasteiger charge is -2.55. The average molecular weight is 433 g/mol. The Morgan fingerprint density at radius 2 is 2.06 bits per heavy atom. The summed E-state index contributed by atoms with van der Waals surface area (Å²) < 4.78 is 22.2. The molecule has 0 radical (unpaired) electrons. The molecule has 9 heteroatoms. The fourth-order valence-electron chi connectivity index (χ4n) is 5.11. The van der Waals surface area contributed by atoms with E-state index in [0.717, 1.165) is 5.39 Å². The minimum atomic E-state index is -1.41. The summed E-state index contributed by atoms with van der Waals surface area (Å²) in [5.74, 6) is -0.416. The van der Waals surface area contributed by atoms with Crippen LogP contribution in [0.1, 0.15) is 33.2 Å². The quantitative estimate of drug-likeness (QED) is 0.696. The highest BCUT2D eigenvalue weighted by molar-refractivity contribution is 5.85. The number of quaternary nitrogens is 1. The molecule has 2 aliphatic rings. The van der Waals surface area contributed by atoms with E-state index in [9.17, 15) is 24.2 Å². The lowest BCUT2D eigenvalue weighted by molar-refractivity contribution is -0.979. The lowest BCUT2D eigenvalue weighted by atomic mass is 9.90. The third-order valence-corrected chi connectivity index (χ3v) is 6.94. The fraction of sp³-hybridized carbons (Fsp3) is 0.545. The molecule has 8 nitrogen and oxygen atoms in total. The van der Waals surface area contributed by atoms with Crippen LogP contribution in [0.4, 0.5) is 9.18 Å². The van der Waals surface area contributed by atoms with Crippen molar-refractivity contribution in [3.05, 3.63) is 40.4 Å². The maximum atomic E-state index is 14.4. The zero-order chi connectivity index (χ0) is 22.6. The van der Waals surface area contributed by atoms with Crippen molar-refractivity contribution in [2.45, 2.75) is 50.9 Å². The molecule has 168 valence electrons. The van der Waals surface area contributed by atoms with E-state index in [1.54, 1.807) is 16.7 Å². The number of hydrogen-bond acceptors (Lipinski definition) is 5. The number of nitrogens with one attached hydrogen (secondary N) is 1. The van der Waals surface area contributed by atoms with Crippen molar-refractivity contribution in [3.8, 4) is 5.75 Å². The van der Waals surface area contributed by atoms with E-state index >= 15 is 0 Å². The molecule has 3 heterocycles. The maximum Gasteiger partial charge on any atom is 0.251 e. The molecule has 2 N–H and O–H groups in total. The molecule has 31 heavy (non-hydrogen) atoms. The highest BCUT2D eigenvalue weighted by Crippen LogP contribution is 2.38. The molecule has 0 bridgehead atoms. The van der Waals surface area contributed by atoms with Gasteiger partial charge in [0.15, 0.2) is 11.6 Å². The standard InChI is InChI=1S/C22H28FN3O5/c1-22(2,3)26(9-8-16(17(27)11-26)24-21(29)30)10-14-12-31-20-15(23)6-4-13-5-7-18(28)25(14)19(13)20/h4-7,14,16-17,24,27H,8-12H2,1-3H3/t14-,16+,17-,26?/m1/s1. The highest BCUT2D eigenvalue weighted by Gasteiger charge is 2.49. The third kappa shape index (κ3) is 3.65. The van der Waals surface area contributed by atoms with E-state index in [1.165, 1.54) is 12.1 Å². The summed E-state index contributed by atoms with van der Waals surface area (Å²) in [5.41, 5.74) is -0.0775. The molecule has 1 fully saturated rings. The zero-order valence-corrected chi connectivity index (χ0v) is 17.9. The molecule has 1 unspecified atom stereocenters. The van der Waals surface area contributed by atoms with Gasteiger partial charge in [-0.15, -0.1) is 0 Å². The summed E-state index contributed by atoms with van der Waals surface area (Å²) in [5, 5.41) is 24.7. The number of carbonyl (C=O) groups is 1. The first-order chi connectivity index (χ1) is 14.5. The van der Waals surface area contributed by atoms with Crippen LogP contribution < -0.4 is 20.7 Å². The van der Waals surface area contributed by atoms with E-state index in [4.69, 9.17) is 4.74 Å². The number of aliphatic hydroxyl groups is 1. The summed E-state index contributed by atoms with van der Waals surface area (Å²) >= 11 is 0. The van der Waals surface area contributed by atoms with Crippen molar-refractivity contribution in [1.82, 2.24) is 9.88 Å². The van der Waals surface area contributed by atoms with Gasteiger partial charge in [-0.3, -0.25) is 9.36 Å². The Hall–Kier alpha value is -2.65. The smallest absolute Gasteiger partial charge is 0.251 e. The predicted octanol–water partition coefficient (Wildman–Crippen LogP) is 0.756. The van der Waals surface area contributed by atoms with Crippen molar-refractivity contribution >= 4 is 17.0 Å². The molecule has 1 amide bonds. The Bertz CT molecular complexity index is 1080. The normalized spacial score (nSPS) is 28.2. The van der Waals surface area contributed by atoms with Gasteiger partial charge in [0.2, 0.25) is 0 Å². The van der Waals surface area contributed by atoms with Crippen molar-refractivity contribution in [2.24, 2.45) is 0 Å². The van der Waals surface area contributed by atoms with Gasteiger partial charge < -0.3 is 29.5 Å². The van der Waals surface area contributed by atoms with Crippen LogP contribution in [-0.4, -0.2) is 64.2 Å². The number of carbonyl (C=O) groups excluding carboxylic acids is 1. The van der Waals surface area contributed by atoms with Crippen LogP contribution in [0.2, 0.25) is 0 Å². The Morgan fingerprint density at radius 1 is 1.35 bits per heavy atom. The van der Waals surface area contributed by atoms with Gasteiger partial charge in [0.05, 0.1) is 23.6 Å². The van der Waals surface area contributed by atoms with E-state index < -0.39 is 24.1 Å². The van der Waals surface area contributed by atoms with E-state index in [2.05, 4.69) is 26.1 Å². The maximum absolute atomic E-state index is 14.4. The summed E-state index contributed by atoms with van der Waals surface area (Å²) in [4.78, 5) is 23.8. The zero-order valence-electron chi connectivity index (χ0n) is 17.9. The third-order valence-electron chi connectivity index (χ3n) is 6.94. The summed E-state index contributed by atoms with van der Waals surface area (Å²) in [6.07, 6.45) is -1.87. The van der Waals surface area contributed by atoms with Crippen LogP contribution in [0.15, 0.2) is 29.1 Å². The molecule has 4 atom stereocenters. The number of benzene rings is 1. The number of amides is 1. The van der Waals surface area contributed by atoms with Crippen LogP contribution in [0.5, 0.6) is 5.75 Å². The molecule has 1 aromatic carbocycles. The van der Waals surface area contributed by atoms with Crippen LogP contribution in [-0.2, 0) is 0 Å².